The van der Waals surface area contributed by atoms with E-state index >= 15 is 0 Å². The van der Waals surface area contributed by atoms with Gasteiger partial charge in [0, 0.05) is 19.5 Å². The highest BCUT2D eigenvalue weighted by molar-refractivity contribution is 7.89. The second-order valence-electron chi connectivity index (χ2n) is 6.79. The summed E-state index contributed by atoms with van der Waals surface area (Å²) in [6.07, 6.45) is 0.200. The molecule has 2 fully saturated rings. The molecule has 0 radical (unpaired) electrons. The predicted octanol–water partition coefficient (Wildman–Crippen LogP) is 1.34. The molecule has 0 saturated carbocycles. The summed E-state index contributed by atoms with van der Waals surface area (Å²) in [6, 6.07) is 6.11. The number of cyclic esters (lactones) is 1. The van der Waals surface area contributed by atoms with Gasteiger partial charge in [-0.05, 0) is 44.0 Å². The van der Waals surface area contributed by atoms with Gasteiger partial charge in [0.25, 0.3) is 0 Å². The zero-order chi connectivity index (χ0) is 19.6. The van der Waals surface area contributed by atoms with Crippen LogP contribution in [0.15, 0.2) is 29.2 Å². The molecule has 0 aromatic heterocycles. The predicted molar refractivity (Wildman–Crippen MR) is 94.5 cm³/mol. The molecule has 8 nitrogen and oxygen atoms in total. The number of sulfonamides is 1. The van der Waals surface area contributed by atoms with Crippen LogP contribution < -0.4 is 4.74 Å². The van der Waals surface area contributed by atoms with Crippen LogP contribution in [0.5, 0.6) is 5.75 Å². The third-order valence-electron chi connectivity index (χ3n) is 4.80. The van der Waals surface area contributed by atoms with E-state index in [-0.39, 0.29) is 17.5 Å². The number of hydrogen-bond acceptors (Lipinski definition) is 7. The highest BCUT2D eigenvalue weighted by Crippen LogP contribution is 2.27. The van der Waals surface area contributed by atoms with Crippen molar-refractivity contribution in [3.63, 3.8) is 0 Å². The zero-order valence-corrected chi connectivity index (χ0v) is 16.1. The lowest BCUT2D eigenvalue weighted by Gasteiger charge is -2.31. The summed E-state index contributed by atoms with van der Waals surface area (Å²) in [6.45, 7) is 2.10. The van der Waals surface area contributed by atoms with Crippen molar-refractivity contribution in [3.05, 3.63) is 24.3 Å². The number of piperidine rings is 1. The van der Waals surface area contributed by atoms with Gasteiger partial charge in [0.1, 0.15) is 11.9 Å². The number of methoxy groups -OCH3 is 1. The number of benzene rings is 1. The third kappa shape index (κ3) is 4.24. The van der Waals surface area contributed by atoms with Gasteiger partial charge in [-0.2, -0.15) is 4.31 Å². The summed E-state index contributed by atoms with van der Waals surface area (Å²) in [4.78, 5) is 24.2. The molecular weight excluding hydrogens is 374 g/mol. The van der Waals surface area contributed by atoms with Gasteiger partial charge in [0.05, 0.1) is 17.9 Å². The maximum Gasteiger partial charge on any atom is 0.347 e. The molecule has 148 valence electrons. The van der Waals surface area contributed by atoms with E-state index in [2.05, 4.69) is 0 Å². The summed E-state index contributed by atoms with van der Waals surface area (Å²) in [5.41, 5.74) is 0. The molecular formula is C18H23NO7S. The molecule has 0 spiro atoms. The molecule has 1 aromatic rings. The number of hydrogen-bond donors (Lipinski definition) is 0. The molecule has 3 rings (SSSR count). The molecule has 2 saturated heterocycles. The minimum Gasteiger partial charge on any atom is -0.497 e. The van der Waals surface area contributed by atoms with E-state index in [0.717, 1.165) is 0 Å². The van der Waals surface area contributed by atoms with E-state index in [4.69, 9.17) is 14.2 Å². The van der Waals surface area contributed by atoms with Crippen molar-refractivity contribution in [1.29, 1.82) is 0 Å². The van der Waals surface area contributed by atoms with Crippen LogP contribution >= 0.6 is 0 Å². The fourth-order valence-corrected chi connectivity index (χ4v) is 4.83. The molecule has 0 amide bonds. The van der Waals surface area contributed by atoms with Crippen molar-refractivity contribution in [1.82, 2.24) is 4.31 Å². The maximum atomic E-state index is 12.9. The summed E-state index contributed by atoms with van der Waals surface area (Å²) >= 11 is 0. The van der Waals surface area contributed by atoms with Crippen LogP contribution in [-0.2, 0) is 29.1 Å². The molecule has 0 N–H and O–H groups in total. The smallest absolute Gasteiger partial charge is 0.347 e. The van der Waals surface area contributed by atoms with E-state index < -0.39 is 34.0 Å². The molecule has 2 aliphatic rings. The minimum absolute atomic E-state index is 0.0323. The fraction of sp³-hybridized carbons (Fsp3) is 0.556. The number of rotatable bonds is 5. The molecule has 9 heteroatoms. The Labute approximate surface area is 158 Å². The van der Waals surface area contributed by atoms with Gasteiger partial charge in [0.2, 0.25) is 16.1 Å². The van der Waals surface area contributed by atoms with E-state index in [9.17, 15) is 18.0 Å². The van der Waals surface area contributed by atoms with Crippen molar-refractivity contribution in [2.24, 2.45) is 5.92 Å². The molecule has 2 aliphatic heterocycles. The Morgan fingerprint density at radius 1 is 1.26 bits per heavy atom. The van der Waals surface area contributed by atoms with Crippen molar-refractivity contribution in [2.45, 2.75) is 43.3 Å². The molecule has 0 bridgehead atoms. The van der Waals surface area contributed by atoms with Crippen LogP contribution in [0.1, 0.15) is 26.2 Å². The quantitative estimate of drug-likeness (QED) is 0.692. The van der Waals surface area contributed by atoms with Crippen LogP contribution in [0.4, 0.5) is 0 Å². The number of carbonyl (C=O) groups is 2. The molecule has 3 unspecified atom stereocenters. The molecule has 1 aromatic carbocycles. The summed E-state index contributed by atoms with van der Waals surface area (Å²) in [5, 5.41) is 0. The first kappa shape index (κ1) is 19.6. The van der Waals surface area contributed by atoms with Gasteiger partial charge in [-0.1, -0.05) is 0 Å². The highest BCUT2D eigenvalue weighted by Gasteiger charge is 2.39. The Balaban J connectivity index is 1.67. The van der Waals surface area contributed by atoms with Crippen molar-refractivity contribution < 1.29 is 32.2 Å². The average Bonchev–Trinajstić information content (AvgIpc) is 2.98. The van der Waals surface area contributed by atoms with E-state index in [0.29, 0.717) is 31.6 Å². The number of nitrogens with zero attached hydrogens (tertiary/aromatic N) is 1. The molecule has 2 heterocycles. The average molecular weight is 397 g/mol. The number of ether oxygens (including phenoxy) is 3. The van der Waals surface area contributed by atoms with Gasteiger partial charge in [-0.15, -0.1) is 0 Å². The van der Waals surface area contributed by atoms with Crippen LogP contribution in [-0.4, -0.2) is 57.1 Å². The largest absolute Gasteiger partial charge is 0.497 e. The monoisotopic (exact) mass is 397 g/mol. The first-order chi connectivity index (χ1) is 12.8. The Kier molecular flexibility index (Phi) is 5.71. The third-order valence-corrected chi connectivity index (χ3v) is 6.68. The van der Waals surface area contributed by atoms with Crippen LogP contribution in [0.3, 0.4) is 0 Å². The number of esters is 2. The van der Waals surface area contributed by atoms with Crippen LogP contribution in [0.2, 0.25) is 0 Å². The molecule has 27 heavy (non-hydrogen) atoms. The zero-order valence-electron chi connectivity index (χ0n) is 15.3. The normalized spacial score (nSPS) is 26.4. The standard InChI is InChI=1S/C18H23NO7S/c1-12-10-16(18(21)25-12)26-17(20)13-4-3-9-19(11-13)27(22,23)15-7-5-14(24-2)6-8-15/h5-8,12-13,16H,3-4,9-11H2,1-2H3. The van der Waals surface area contributed by atoms with Crippen LogP contribution in [0.25, 0.3) is 0 Å². The Bertz CT molecular complexity index is 806. The summed E-state index contributed by atoms with van der Waals surface area (Å²) < 4.78 is 42.3. The Morgan fingerprint density at radius 3 is 2.56 bits per heavy atom. The van der Waals surface area contributed by atoms with Gasteiger partial charge in [0.15, 0.2) is 0 Å². The second kappa shape index (κ2) is 7.85. The van der Waals surface area contributed by atoms with Gasteiger partial charge in [-0.25, -0.2) is 13.2 Å². The first-order valence-electron chi connectivity index (χ1n) is 8.86. The first-order valence-corrected chi connectivity index (χ1v) is 10.3. The topological polar surface area (TPSA) is 99.2 Å². The van der Waals surface area contributed by atoms with Gasteiger partial charge < -0.3 is 14.2 Å². The van der Waals surface area contributed by atoms with E-state index in [1.807, 2.05) is 0 Å². The van der Waals surface area contributed by atoms with Crippen molar-refractivity contribution >= 4 is 22.0 Å². The van der Waals surface area contributed by atoms with E-state index in [1.54, 1.807) is 19.1 Å². The van der Waals surface area contributed by atoms with Crippen LogP contribution in [0, 0.1) is 5.92 Å². The van der Waals surface area contributed by atoms with Crippen molar-refractivity contribution in [3.8, 4) is 5.75 Å². The SMILES string of the molecule is COc1ccc(S(=O)(=O)N2CCCC(C(=O)OC3CC(C)OC3=O)C2)cc1. The molecule has 0 aliphatic carbocycles. The lowest BCUT2D eigenvalue weighted by atomic mass is 10.00. The Hall–Kier alpha value is -2.13. The lowest BCUT2D eigenvalue weighted by molar-refractivity contribution is -0.164. The van der Waals surface area contributed by atoms with Gasteiger partial charge >= 0.3 is 11.9 Å². The maximum absolute atomic E-state index is 12.9. The summed E-state index contributed by atoms with van der Waals surface area (Å²) in [7, 11) is -2.22. The van der Waals surface area contributed by atoms with Crippen molar-refractivity contribution in [2.75, 3.05) is 20.2 Å². The fourth-order valence-electron chi connectivity index (χ4n) is 3.30. The minimum atomic E-state index is -3.72. The highest BCUT2D eigenvalue weighted by atomic mass is 32.2. The van der Waals surface area contributed by atoms with Gasteiger partial charge in [-0.3, -0.25) is 4.79 Å². The van der Waals surface area contributed by atoms with E-state index in [1.165, 1.54) is 23.5 Å². The summed E-state index contributed by atoms with van der Waals surface area (Å²) in [5.74, 6) is -1.14. The number of carbonyl (C=O) groups excluding carboxylic acids is 2. The molecule has 3 atom stereocenters. The Morgan fingerprint density at radius 2 is 1.96 bits per heavy atom. The second-order valence-corrected chi connectivity index (χ2v) is 8.72. The lowest BCUT2D eigenvalue weighted by Crippen LogP contribution is -2.43.